The molecule has 0 aliphatic carbocycles. The fourth-order valence-electron chi connectivity index (χ4n) is 1.37. The lowest BCUT2D eigenvalue weighted by Gasteiger charge is -2.15. The number of ketones is 1. The zero-order chi connectivity index (χ0) is 13.5. The maximum Gasteiger partial charge on any atom is 0.374 e. The van der Waals surface area contributed by atoms with E-state index in [4.69, 9.17) is 17.1 Å². The quantitative estimate of drug-likeness (QED) is 0.447. The zero-order valence-electron chi connectivity index (χ0n) is 9.22. The molecule has 0 fully saturated rings. The number of carboxylic acid groups (broad SMARTS) is 1. The predicted molar refractivity (Wildman–Crippen MR) is 61.5 cm³/mol. The summed E-state index contributed by atoms with van der Waals surface area (Å²) in [5.74, 6) is -0.607. The van der Waals surface area contributed by atoms with Gasteiger partial charge in [0.25, 0.3) is 5.78 Å². The first kappa shape index (κ1) is 13.9. The smallest absolute Gasteiger partial charge is 0.374 e. The fraction of sp³-hybridized carbons (Fsp3) is 0.182. The lowest BCUT2D eigenvalue weighted by molar-refractivity contribution is -0.251. The third-order valence-electron chi connectivity index (χ3n) is 2.18. The Hall–Kier alpha value is -2.17. The highest BCUT2D eigenvalue weighted by Crippen LogP contribution is 2.11. The van der Waals surface area contributed by atoms with Crippen molar-refractivity contribution in [2.24, 2.45) is 0 Å². The van der Waals surface area contributed by atoms with E-state index in [1.165, 1.54) is 0 Å². The Labute approximate surface area is 108 Å². The maximum absolute atomic E-state index is 11.5. The number of nitrogens with one attached hydrogen (secondary N) is 2. The van der Waals surface area contributed by atoms with Gasteiger partial charge in [-0.3, -0.25) is 4.79 Å². The Morgan fingerprint density at radius 1 is 1.44 bits per heavy atom. The first-order valence-electron chi connectivity index (χ1n) is 4.98. The van der Waals surface area contributed by atoms with Crippen molar-refractivity contribution >= 4 is 29.7 Å². The molecule has 1 aromatic rings. The maximum atomic E-state index is 11.5. The number of halogens is 1. The highest BCUT2D eigenvalue weighted by molar-refractivity contribution is 6.30. The van der Waals surface area contributed by atoms with Gasteiger partial charge in [0, 0.05) is 11.4 Å². The summed E-state index contributed by atoms with van der Waals surface area (Å²) >= 11 is 5.71. The molecule has 2 N–H and O–H groups in total. The van der Waals surface area contributed by atoms with E-state index in [1.54, 1.807) is 24.3 Å². The van der Waals surface area contributed by atoms with Gasteiger partial charge in [0.15, 0.2) is 0 Å². The molecule has 1 amide bonds. The monoisotopic (exact) mass is 267 g/mol. The number of hydrogen-bond acceptors (Lipinski definition) is 4. The molecule has 0 aliphatic heterocycles. The molecule has 0 spiro atoms. The largest absolute Gasteiger partial charge is 0.530 e. The number of hydrogen-bond donors (Lipinski definition) is 2. The van der Waals surface area contributed by atoms with Crippen molar-refractivity contribution in [3.05, 3.63) is 34.9 Å². The topological polar surface area (TPSA) is 107 Å². The number of carbonyl (C=O) groups is 2. The third-order valence-corrected chi connectivity index (χ3v) is 2.43. The number of amides is 1. The second kappa shape index (κ2) is 6.54. The van der Waals surface area contributed by atoms with Crippen molar-refractivity contribution in [3.63, 3.8) is 0 Å². The van der Waals surface area contributed by atoms with Gasteiger partial charge in [-0.15, -0.1) is 0 Å². The number of Topliss-reactive ketones (excluding diaryl/α,β-unsaturated/α-hetero) is 1. The number of rotatable bonds is 5. The van der Waals surface area contributed by atoms with Crippen molar-refractivity contribution < 1.29 is 19.5 Å². The number of benzene rings is 1. The summed E-state index contributed by atoms with van der Waals surface area (Å²) in [5.41, 5.74) is 7.28. The van der Waals surface area contributed by atoms with Gasteiger partial charge in [-0.1, -0.05) is 23.7 Å². The van der Waals surface area contributed by atoms with E-state index in [2.05, 4.69) is 4.79 Å². The van der Waals surface area contributed by atoms with Gasteiger partial charge in [-0.25, -0.2) is 0 Å². The van der Waals surface area contributed by atoms with Crippen LogP contribution < -0.4 is 10.4 Å². The van der Waals surface area contributed by atoms with Gasteiger partial charge in [-0.2, -0.15) is 0 Å². The average Bonchev–Trinajstić information content (AvgIpc) is 2.31. The summed E-state index contributed by atoms with van der Waals surface area (Å²) in [6.07, 6.45) is -0.673. The van der Waals surface area contributed by atoms with Crippen molar-refractivity contribution in [3.8, 4) is 0 Å². The van der Waals surface area contributed by atoms with Crippen LogP contribution in [0.5, 0.6) is 0 Å². The minimum absolute atomic E-state index is 0.135. The van der Waals surface area contributed by atoms with Gasteiger partial charge in [-0.05, 0) is 17.7 Å². The molecule has 7 heteroatoms. The van der Waals surface area contributed by atoms with Crippen LogP contribution >= 0.6 is 11.6 Å². The van der Waals surface area contributed by atoms with Crippen LogP contribution in [-0.4, -0.2) is 28.9 Å². The molecule has 0 aromatic heterocycles. The van der Waals surface area contributed by atoms with Crippen LogP contribution in [0.3, 0.4) is 0 Å². The van der Waals surface area contributed by atoms with Gasteiger partial charge >= 0.3 is 6.21 Å². The highest BCUT2D eigenvalue weighted by Gasteiger charge is 2.20. The molecule has 6 nitrogen and oxygen atoms in total. The fourth-order valence-corrected chi connectivity index (χ4v) is 1.50. The molecule has 0 aliphatic rings. The van der Waals surface area contributed by atoms with Gasteiger partial charge < -0.3 is 15.2 Å². The van der Waals surface area contributed by atoms with Crippen LogP contribution in [0.25, 0.3) is 0 Å². The van der Waals surface area contributed by atoms with E-state index in [0.717, 1.165) is 11.8 Å². The second-order valence-electron chi connectivity index (χ2n) is 3.48. The van der Waals surface area contributed by atoms with E-state index in [1.807, 2.05) is 5.32 Å². The van der Waals surface area contributed by atoms with Crippen molar-refractivity contribution in [1.29, 1.82) is 5.53 Å². The Morgan fingerprint density at radius 2 is 2.06 bits per heavy atom. The van der Waals surface area contributed by atoms with Crippen LogP contribution in [0.4, 0.5) is 4.79 Å². The molecule has 0 saturated heterocycles. The summed E-state index contributed by atoms with van der Waals surface area (Å²) < 4.78 is 0. The molecule has 1 aromatic carbocycles. The molecule has 0 bridgehead atoms. The normalized spacial score (nSPS) is 11.2. The second-order valence-corrected chi connectivity index (χ2v) is 3.91. The minimum atomic E-state index is -1.55. The summed E-state index contributed by atoms with van der Waals surface area (Å²) in [6.45, 7) is 0. The molecule has 1 atom stereocenters. The standard InChI is InChI=1S/C11H10ClN3O3/c12-8-3-1-7(2-4-8)5-9(15-11(17)18)10(16)6-14-13/h1-4,6,9,13,15H,5H2. The van der Waals surface area contributed by atoms with Gasteiger partial charge in [0.2, 0.25) is 0 Å². The van der Waals surface area contributed by atoms with Crippen molar-refractivity contribution in [2.45, 2.75) is 12.5 Å². The van der Waals surface area contributed by atoms with E-state index < -0.39 is 17.9 Å². The molecule has 1 rings (SSSR count). The van der Waals surface area contributed by atoms with Gasteiger partial charge in [0.05, 0.1) is 10.3 Å². The number of carbonyl (C=O) groups excluding carboxylic acids is 2. The average molecular weight is 268 g/mol. The van der Waals surface area contributed by atoms with Crippen LogP contribution in [0.2, 0.25) is 5.02 Å². The molecule has 18 heavy (non-hydrogen) atoms. The number of nitrogens with zero attached hydrogens (tertiary/aromatic N) is 1. The lowest BCUT2D eigenvalue weighted by Crippen LogP contribution is -2.48. The molecule has 0 saturated carbocycles. The van der Waals surface area contributed by atoms with Crippen molar-refractivity contribution in [1.82, 2.24) is 5.32 Å². The molecule has 94 valence electrons. The predicted octanol–water partition coefficient (Wildman–Crippen LogP) is 0.0631. The molecular formula is C11H10ClN3O3. The van der Waals surface area contributed by atoms with Crippen molar-refractivity contribution in [2.75, 3.05) is 0 Å². The van der Waals surface area contributed by atoms with Crippen LogP contribution in [0.1, 0.15) is 5.56 Å². The molecular weight excluding hydrogens is 258 g/mol. The van der Waals surface area contributed by atoms with E-state index in [0.29, 0.717) is 5.02 Å². The van der Waals surface area contributed by atoms with E-state index >= 15 is 0 Å². The van der Waals surface area contributed by atoms with Crippen LogP contribution in [0.15, 0.2) is 24.3 Å². The van der Waals surface area contributed by atoms with Crippen LogP contribution in [-0.2, 0) is 11.2 Å². The van der Waals surface area contributed by atoms with E-state index in [-0.39, 0.29) is 6.42 Å². The summed E-state index contributed by atoms with van der Waals surface area (Å²) in [7, 11) is 0. The third kappa shape index (κ3) is 4.37. The van der Waals surface area contributed by atoms with Gasteiger partial charge in [0.1, 0.15) is 12.1 Å². The summed E-state index contributed by atoms with van der Waals surface area (Å²) in [5, 5.41) is 13.0. The SMILES string of the molecule is N=[N+]=CC(=O)C(Cc1ccc(Cl)cc1)NC(=O)[O-]. The summed E-state index contributed by atoms with van der Waals surface area (Å²) in [4.78, 5) is 24.8. The molecule has 1 unspecified atom stereocenters. The Balaban J connectivity index is 2.83. The zero-order valence-corrected chi connectivity index (χ0v) is 9.98. The first-order chi connectivity index (χ1) is 8.52. The Bertz CT molecular complexity index is 495. The molecule has 0 radical (unpaired) electrons. The summed E-state index contributed by atoms with van der Waals surface area (Å²) in [6, 6.07) is 5.60. The molecule has 0 heterocycles. The van der Waals surface area contributed by atoms with Crippen LogP contribution in [0, 0.1) is 5.53 Å². The Kier molecular flexibility index (Phi) is 5.05. The lowest BCUT2D eigenvalue weighted by atomic mass is 10.0. The van der Waals surface area contributed by atoms with E-state index in [9.17, 15) is 14.7 Å². The Morgan fingerprint density at radius 3 is 2.56 bits per heavy atom. The minimum Gasteiger partial charge on any atom is -0.530 e. The highest BCUT2D eigenvalue weighted by atomic mass is 35.5. The first-order valence-corrected chi connectivity index (χ1v) is 5.36.